The fourth-order valence-electron chi connectivity index (χ4n) is 2.51. The highest BCUT2D eigenvalue weighted by molar-refractivity contribution is 5.73. The highest BCUT2D eigenvalue weighted by atomic mass is 19.4. The lowest BCUT2D eigenvalue weighted by Crippen LogP contribution is -2.37. The van der Waals surface area contributed by atoms with Gasteiger partial charge in [0.05, 0.1) is 12.5 Å². The summed E-state index contributed by atoms with van der Waals surface area (Å²) in [6.45, 7) is 3.31. The Labute approximate surface area is 126 Å². The topological polar surface area (TPSA) is 38.8 Å². The molecule has 0 spiro atoms. The number of rotatable bonds is 4. The Kier molecular flexibility index (Phi) is 5.15. The second kappa shape index (κ2) is 6.89. The van der Waals surface area contributed by atoms with Crippen LogP contribution in [0, 0.1) is 5.92 Å². The normalized spacial score (nSPS) is 16.5. The second-order valence-corrected chi connectivity index (χ2v) is 5.06. The van der Waals surface area contributed by atoms with Gasteiger partial charge in [0.2, 0.25) is 0 Å². The van der Waals surface area contributed by atoms with Gasteiger partial charge in [0.25, 0.3) is 0 Å². The van der Waals surface area contributed by atoms with E-state index >= 15 is 0 Å². The molecule has 1 heterocycles. The lowest BCUT2D eigenvalue weighted by atomic mass is 9.96. The maximum absolute atomic E-state index is 12.2. The third-order valence-corrected chi connectivity index (χ3v) is 3.53. The molecule has 0 N–H and O–H groups in total. The molecule has 1 aliphatic heterocycles. The average Bonchev–Trinajstić information content (AvgIpc) is 2.46. The smallest absolute Gasteiger partial charge is 0.466 e. The van der Waals surface area contributed by atoms with E-state index in [1.165, 1.54) is 18.2 Å². The molecule has 0 aromatic heterocycles. The predicted octanol–water partition coefficient (Wildman–Crippen LogP) is 3.36. The SMILES string of the molecule is CCOC(=O)C1CCN(c2cccc(OC(F)(F)F)c2)CC1. The van der Waals surface area contributed by atoms with E-state index in [0.29, 0.717) is 38.2 Å². The van der Waals surface area contributed by atoms with E-state index in [-0.39, 0.29) is 17.6 Å². The van der Waals surface area contributed by atoms with Gasteiger partial charge in [0.15, 0.2) is 0 Å². The number of hydrogen-bond donors (Lipinski definition) is 0. The summed E-state index contributed by atoms with van der Waals surface area (Å²) in [5.74, 6) is -0.570. The molecule has 0 saturated carbocycles. The molecule has 0 aliphatic carbocycles. The predicted molar refractivity (Wildman–Crippen MR) is 74.7 cm³/mol. The molecule has 0 unspecified atom stereocenters. The first-order valence-electron chi connectivity index (χ1n) is 7.16. The number of carbonyl (C=O) groups excluding carboxylic acids is 1. The molecule has 0 amide bonds. The van der Waals surface area contributed by atoms with Crippen molar-refractivity contribution in [3.05, 3.63) is 24.3 Å². The number of benzene rings is 1. The lowest BCUT2D eigenvalue weighted by molar-refractivity contribution is -0.274. The van der Waals surface area contributed by atoms with Crippen molar-refractivity contribution in [2.24, 2.45) is 5.92 Å². The number of alkyl halides is 3. The minimum atomic E-state index is -4.70. The molecule has 122 valence electrons. The second-order valence-electron chi connectivity index (χ2n) is 5.06. The van der Waals surface area contributed by atoms with Gasteiger partial charge in [-0.15, -0.1) is 13.2 Å². The summed E-state index contributed by atoms with van der Waals surface area (Å²) in [6.07, 6.45) is -3.44. The number of piperidine rings is 1. The van der Waals surface area contributed by atoms with Crippen molar-refractivity contribution in [2.75, 3.05) is 24.6 Å². The summed E-state index contributed by atoms with van der Waals surface area (Å²) in [6, 6.07) is 5.88. The molecular formula is C15H18F3NO3. The van der Waals surface area contributed by atoms with E-state index < -0.39 is 6.36 Å². The van der Waals surface area contributed by atoms with E-state index in [9.17, 15) is 18.0 Å². The van der Waals surface area contributed by atoms with Crippen molar-refractivity contribution in [3.63, 3.8) is 0 Å². The van der Waals surface area contributed by atoms with E-state index in [1.807, 2.05) is 4.90 Å². The highest BCUT2D eigenvalue weighted by Crippen LogP contribution is 2.29. The number of anilines is 1. The van der Waals surface area contributed by atoms with Gasteiger partial charge < -0.3 is 14.4 Å². The largest absolute Gasteiger partial charge is 0.573 e. The molecule has 0 bridgehead atoms. The van der Waals surface area contributed by atoms with Gasteiger partial charge >= 0.3 is 12.3 Å². The molecule has 1 fully saturated rings. The minimum Gasteiger partial charge on any atom is -0.466 e. The zero-order chi connectivity index (χ0) is 16.2. The number of nitrogens with zero attached hydrogens (tertiary/aromatic N) is 1. The lowest BCUT2D eigenvalue weighted by Gasteiger charge is -2.32. The molecule has 0 atom stereocenters. The van der Waals surface area contributed by atoms with Gasteiger partial charge in [-0.05, 0) is 31.9 Å². The molecule has 2 rings (SSSR count). The molecular weight excluding hydrogens is 299 g/mol. The van der Waals surface area contributed by atoms with Crippen molar-refractivity contribution in [1.82, 2.24) is 0 Å². The Morgan fingerprint density at radius 2 is 2.00 bits per heavy atom. The fraction of sp³-hybridized carbons (Fsp3) is 0.533. The molecule has 1 saturated heterocycles. The van der Waals surface area contributed by atoms with Crippen LogP contribution in [-0.2, 0) is 9.53 Å². The Balaban J connectivity index is 1.96. The molecule has 0 radical (unpaired) electrons. The van der Waals surface area contributed by atoms with Crippen molar-refractivity contribution in [1.29, 1.82) is 0 Å². The van der Waals surface area contributed by atoms with Crippen LogP contribution in [0.25, 0.3) is 0 Å². The number of carbonyl (C=O) groups is 1. The summed E-state index contributed by atoms with van der Waals surface area (Å²) in [5, 5.41) is 0. The zero-order valence-electron chi connectivity index (χ0n) is 12.2. The fourth-order valence-corrected chi connectivity index (χ4v) is 2.51. The minimum absolute atomic E-state index is 0.134. The average molecular weight is 317 g/mol. The van der Waals surface area contributed by atoms with E-state index in [0.717, 1.165) is 0 Å². The van der Waals surface area contributed by atoms with E-state index in [4.69, 9.17) is 4.74 Å². The highest BCUT2D eigenvalue weighted by Gasteiger charge is 2.31. The summed E-state index contributed by atoms with van der Waals surface area (Å²) in [5.41, 5.74) is 0.657. The van der Waals surface area contributed by atoms with Gasteiger partial charge in [-0.25, -0.2) is 0 Å². The van der Waals surface area contributed by atoms with Crippen LogP contribution in [0.15, 0.2) is 24.3 Å². The van der Waals surface area contributed by atoms with E-state index in [1.54, 1.807) is 13.0 Å². The molecule has 1 aromatic rings. The van der Waals surface area contributed by atoms with Gasteiger partial charge in [-0.2, -0.15) is 0 Å². The van der Waals surface area contributed by atoms with Crippen molar-refractivity contribution >= 4 is 11.7 Å². The van der Waals surface area contributed by atoms with Crippen LogP contribution < -0.4 is 9.64 Å². The van der Waals surface area contributed by atoms with Gasteiger partial charge in [0, 0.05) is 24.8 Å². The molecule has 7 heteroatoms. The number of hydrogen-bond acceptors (Lipinski definition) is 4. The van der Waals surface area contributed by atoms with Crippen LogP contribution in [0.1, 0.15) is 19.8 Å². The Morgan fingerprint density at radius 3 is 2.59 bits per heavy atom. The monoisotopic (exact) mass is 317 g/mol. The van der Waals surface area contributed by atoms with Crippen LogP contribution in [-0.4, -0.2) is 32.0 Å². The van der Waals surface area contributed by atoms with Crippen LogP contribution in [0.5, 0.6) is 5.75 Å². The summed E-state index contributed by atoms with van der Waals surface area (Å²) in [4.78, 5) is 13.6. The maximum Gasteiger partial charge on any atom is 0.573 e. The first-order chi connectivity index (χ1) is 10.4. The Hall–Kier alpha value is -1.92. The third-order valence-electron chi connectivity index (χ3n) is 3.53. The Morgan fingerprint density at radius 1 is 1.32 bits per heavy atom. The molecule has 1 aromatic carbocycles. The first kappa shape index (κ1) is 16.5. The van der Waals surface area contributed by atoms with Crippen LogP contribution >= 0.6 is 0 Å². The van der Waals surface area contributed by atoms with Crippen LogP contribution in [0.4, 0.5) is 18.9 Å². The summed E-state index contributed by atoms with van der Waals surface area (Å²) in [7, 11) is 0. The molecule has 22 heavy (non-hydrogen) atoms. The zero-order valence-corrected chi connectivity index (χ0v) is 12.2. The number of esters is 1. The number of halogens is 3. The van der Waals surface area contributed by atoms with Crippen molar-refractivity contribution < 1.29 is 27.4 Å². The van der Waals surface area contributed by atoms with Crippen LogP contribution in [0.3, 0.4) is 0 Å². The first-order valence-corrected chi connectivity index (χ1v) is 7.16. The van der Waals surface area contributed by atoms with Gasteiger partial charge in [-0.1, -0.05) is 6.07 Å². The van der Waals surface area contributed by atoms with Crippen molar-refractivity contribution in [3.8, 4) is 5.75 Å². The maximum atomic E-state index is 12.2. The van der Waals surface area contributed by atoms with Gasteiger partial charge in [-0.3, -0.25) is 4.79 Å². The Bertz CT molecular complexity index is 511. The molecule has 4 nitrogen and oxygen atoms in total. The van der Waals surface area contributed by atoms with Gasteiger partial charge in [0.1, 0.15) is 5.75 Å². The molecule has 1 aliphatic rings. The van der Waals surface area contributed by atoms with E-state index in [2.05, 4.69) is 4.74 Å². The number of ether oxygens (including phenoxy) is 2. The van der Waals surface area contributed by atoms with Crippen molar-refractivity contribution in [2.45, 2.75) is 26.1 Å². The standard InChI is InChI=1S/C15H18F3NO3/c1-2-21-14(20)11-6-8-19(9-7-11)12-4-3-5-13(10-12)22-15(16,17)18/h3-5,10-11H,2,6-9H2,1H3. The third kappa shape index (κ3) is 4.54. The summed E-state index contributed by atoms with van der Waals surface area (Å²) >= 11 is 0. The summed E-state index contributed by atoms with van der Waals surface area (Å²) < 4.78 is 45.6. The van der Waals surface area contributed by atoms with Crippen LogP contribution in [0.2, 0.25) is 0 Å². The quantitative estimate of drug-likeness (QED) is 0.798.